The van der Waals surface area contributed by atoms with Crippen LogP contribution < -0.4 is 0 Å². The second-order valence-corrected chi connectivity index (χ2v) is 1.30. The van der Waals surface area contributed by atoms with E-state index in [-0.39, 0.29) is 21.1 Å². The van der Waals surface area contributed by atoms with Crippen LogP contribution in [0.15, 0.2) is 0 Å². The van der Waals surface area contributed by atoms with Gasteiger partial charge in [-0.05, 0) is 6.92 Å². The van der Waals surface area contributed by atoms with Crippen molar-refractivity contribution in [1.82, 2.24) is 0 Å². The van der Waals surface area contributed by atoms with E-state index in [2.05, 4.69) is 16.7 Å². The van der Waals surface area contributed by atoms with Crippen molar-refractivity contribution < 1.29 is 30.8 Å². The molecule has 3 heteroatoms. The van der Waals surface area contributed by atoms with Gasteiger partial charge in [-0.25, -0.2) is 9.78 Å². The molecule has 6 heavy (non-hydrogen) atoms. The van der Waals surface area contributed by atoms with Crippen molar-refractivity contribution in [3.63, 3.8) is 0 Å². The average molecular weight is 169 g/mol. The van der Waals surface area contributed by atoms with Crippen molar-refractivity contribution in [1.29, 1.82) is 0 Å². The molecule has 0 bridgehead atoms. The summed E-state index contributed by atoms with van der Waals surface area (Å²) in [5.41, 5.74) is 0. The standard InChI is InChI=1S/C3H5O2.Mo/c1-3(2)4-5-3;/h1H2,2H3;/q-1;. The Bertz CT molecular complexity index is 46.8. The molecule has 0 unspecified atom stereocenters. The van der Waals surface area contributed by atoms with Gasteiger partial charge < -0.3 is 0 Å². The average Bonchev–Trinajstić information content (AvgIpc) is 1.76. The van der Waals surface area contributed by atoms with Gasteiger partial charge in [0.05, 0.1) is 0 Å². The first-order valence-electron chi connectivity index (χ1n) is 1.43. The molecule has 0 saturated carbocycles. The Morgan fingerprint density at radius 3 is 1.67 bits per heavy atom. The van der Waals surface area contributed by atoms with Gasteiger partial charge in [-0.15, -0.1) is 0 Å². The van der Waals surface area contributed by atoms with E-state index in [4.69, 9.17) is 0 Å². The largest absolute Gasteiger partial charge is 0.279 e. The zero-order valence-electron chi connectivity index (χ0n) is 3.43. The molecule has 2 nitrogen and oxygen atoms in total. The van der Waals surface area contributed by atoms with E-state index in [9.17, 15) is 0 Å². The summed E-state index contributed by atoms with van der Waals surface area (Å²) in [4.78, 5) is 8.57. The Hall–Kier alpha value is 0.608. The van der Waals surface area contributed by atoms with Crippen LogP contribution in [0.1, 0.15) is 6.92 Å². The molecule has 0 aliphatic carbocycles. The zero-order chi connectivity index (χ0) is 3.91. The summed E-state index contributed by atoms with van der Waals surface area (Å²) in [6.07, 6.45) is 0. The van der Waals surface area contributed by atoms with Gasteiger partial charge in [0.15, 0.2) is 0 Å². The molecule has 0 aromatic rings. The zero-order valence-corrected chi connectivity index (χ0v) is 5.44. The van der Waals surface area contributed by atoms with Crippen LogP contribution in [0.25, 0.3) is 0 Å². The Labute approximate surface area is 51.0 Å². The van der Waals surface area contributed by atoms with Gasteiger partial charge in [-0.2, -0.15) is 0 Å². The number of hydrogen-bond donors (Lipinski definition) is 0. The van der Waals surface area contributed by atoms with E-state index in [1.807, 2.05) is 0 Å². The predicted molar refractivity (Wildman–Crippen MR) is 15.9 cm³/mol. The maximum Gasteiger partial charge on any atom is 0.112 e. The van der Waals surface area contributed by atoms with Gasteiger partial charge in [0.1, 0.15) is 5.79 Å². The molecule has 0 spiro atoms. The van der Waals surface area contributed by atoms with Gasteiger partial charge in [0.2, 0.25) is 0 Å². The van der Waals surface area contributed by atoms with E-state index in [0.29, 0.717) is 0 Å². The fourth-order valence-electron chi connectivity index (χ4n) is 0.0711. The molecule has 36 valence electrons. The maximum atomic E-state index is 4.28. The summed E-state index contributed by atoms with van der Waals surface area (Å²) in [6.45, 7) is 5.18. The molecule has 0 radical (unpaired) electrons. The third-order valence-corrected chi connectivity index (χ3v) is 0.368. The van der Waals surface area contributed by atoms with Crippen LogP contribution in [0.2, 0.25) is 0 Å². The quantitative estimate of drug-likeness (QED) is 0.228. The topological polar surface area (TPSA) is 25.1 Å². The monoisotopic (exact) mass is 171 g/mol. The third kappa shape index (κ3) is 1.91. The molecular weight excluding hydrogens is 164 g/mol. The second-order valence-electron chi connectivity index (χ2n) is 1.30. The molecule has 1 aliphatic heterocycles. The molecule has 0 aromatic heterocycles. The molecule has 1 fully saturated rings. The first-order valence-corrected chi connectivity index (χ1v) is 1.43. The minimum atomic E-state index is -0.500. The summed E-state index contributed by atoms with van der Waals surface area (Å²) >= 11 is 0. The molecule has 0 atom stereocenters. The van der Waals surface area contributed by atoms with Crippen LogP contribution in [0.4, 0.5) is 0 Å². The SMILES string of the molecule is [CH2-]C1(C)OO1.[Mo]. The third-order valence-electron chi connectivity index (χ3n) is 0.368. The Kier molecular flexibility index (Phi) is 1.77. The van der Waals surface area contributed by atoms with Crippen LogP contribution in [0, 0.1) is 6.92 Å². The van der Waals surface area contributed by atoms with Crippen LogP contribution in [0.3, 0.4) is 0 Å². The fourth-order valence-corrected chi connectivity index (χ4v) is 0.0711. The van der Waals surface area contributed by atoms with E-state index >= 15 is 0 Å². The smallest absolute Gasteiger partial charge is 0.112 e. The molecular formula is C3H5MoO2-. The molecule has 1 rings (SSSR count). The van der Waals surface area contributed by atoms with E-state index in [1.54, 1.807) is 6.92 Å². The van der Waals surface area contributed by atoms with Crippen molar-refractivity contribution in [2.45, 2.75) is 12.7 Å². The maximum absolute atomic E-state index is 4.28. The second kappa shape index (κ2) is 1.61. The Balaban J connectivity index is 0.000000250. The minimum Gasteiger partial charge on any atom is -0.279 e. The predicted octanol–water partition coefficient (Wildman–Crippen LogP) is 0.496. The van der Waals surface area contributed by atoms with Crippen molar-refractivity contribution >= 4 is 0 Å². The number of hydrogen-bond acceptors (Lipinski definition) is 2. The van der Waals surface area contributed by atoms with Crippen LogP contribution in [-0.2, 0) is 30.8 Å². The molecule has 0 amide bonds. The van der Waals surface area contributed by atoms with Gasteiger partial charge >= 0.3 is 0 Å². The van der Waals surface area contributed by atoms with Crippen LogP contribution in [0.5, 0.6) is 0 Å². The Morgan fingerprint density at radius 1 is 1.50 bits per heavy atom. The first-order chi connectivity index (χ1) is 2.21. The minimum absolute atomic E-state index is 0. The fraction of sp³-hybridized carbons (Fsp3) is 0.667. The van der Waals surface area contributed by atoms with Crippen molar-refractivity contribution in [3.8, 4) is 0 Å². The van der Waals surface area contributed by atoms with Crippen LogP contribution in [-0.4, -0.2) is 5.79 Å². The van der Waals surface area contributed by atoms with Gasteiger partial charge in [0.25, 0.3) is 0 Å². The van der Waals surface area contributed by atoms with E-state index in [0.717, 1.165) is 0 Å². The Morgan fingerprint density at radius 2 is 1.67 bits per heavy atom. The summed E-state index contributed by atoms with van der Waals surface area (Å²) in [5, 5.41) is 0. The summed E-state index contributed by atoms with van der Waals surface area (Å²) in [5.74, 6) is -0.500. The summed E-state index contributed by atoms with van der Waals surface area (Å²) in [6, 6.07) is 0. The van der Waals surface area contributed by atoms with Crippen LogP contribution >= 0.6 is 0 Å². The molecule has 0 aromatic carbocycles. The molecule has 1 saturated heterocycles. The number of rotatable bonds is 0. The van der Waals surface area contributed by atoms with Gasteiger partial charge in [-0.3, -0.25) is 6.92 Å². The van der Waals surface area contributed by atoms with Crippen molar-refractivity contribution in [2.75, 3.05) is 0 Å². The van der Waals surface area contributed by atoms with Crippen molar-refractivity contribution in [2.24, 2.45) is 0 Å². The summed E-state index contributed by atoms with van der Waals surface area (Å²) in [7, 11) is 0. The van der Waals surface area contributed by atoms with Crippen molar-refractivity contribution in [3.05, 3.63) is 6.92 Å². The first kappa shape index (κ1) is 6.61. The molecule has 0 N–H and O–H groups in total. The normalized spacial score (nSPS) is 25.0. The molecule has 1 heterocycles. The van der Waals surface area contributed by atoms with E-state index < -0.39 is 5.79 Å². The van der Waals surface area contributed by atoms with E-state index in [1.165, 1.54) is 0 Å². The van der Waals surface area contributed by atoms with Gasteiger partial charge in [0, 0.05) is 21.1 Å². The summed E-state index contributed by atoms with van der Waals surface area (Å²) < 4.78 is 0. The molecule has 1 aliphatic rings. The van der Waals surface area contributed by atoms with Gasteiger partial charge in [-0.1, -0.05) is 0 Å².